The van der Waals surface area contributed by atoms with Crippen LogP contribution < -0.4 is 10.1 Å². The molecule has 1 aromatic rings. The molecule has 0 saturated heterocycles. The molecule has 0 heterocycles. The van der Waals surface area contributed by atoms with E-state index in [9.17, 15) is 4.79 Å². The van der Waals surface area contributed by atoms with E-state index in [4.69, 9.17) is 9.47 Å². The number of carbonyl (C=O) groups is 1. The van der Waals surface area contributed by atoms with Crippen LogP contribution in [0.3, 0.4) is 0 Å². The van der Waals surface area contributed by atoms with Crippen molar-refractivity contribution < 1.29 is 14.3 Å². The number of rotatable bonds is 7. The van der Waals surface area contributed by atoms with Gasteiger partial charge in [-0.15, -0.1) is 0 Å². The molecule has 0 atom stereocenters. The molecule has 0 spiro atoms. The van der Waals surface area contributed by atoms with Crippen LogP contribution in [0.5, 0.6) is 5.75 Å². The fourth-order valence-electron chi connectivity index (χ4n) is 1.28. The van der Waals surface area contributed by atoms with E-state index >= 15 is 0 Å². The molecule has 0 aromatic heterocycles. The third kappa shape index (κ3) is 6.07. The van der Waals surface area contributed by atoms with Crippen LogP contribution in [0.25, 0.3) is 0 Å². The number of amides is 1. The Labute approximate surface area is 122 Å². The molecule has 19 heavy (non-hydrogen) atoms. The zero-order valence-electron chi connectivity index (χ0n) is 11.5. The Morgan fingerprint density at radius 2 is 1.89 bits per heavy atom. The smallest absolute Gasteiger partial charge is 0.240 e. The van der Waals surface area contributed by atoms with Crippen LogP contribution in [-0.4, -0.2) is 30.1 Å². The van der Waals surface area contributed by atoms with Gasteiger partial charge in [-0.3, -0.25) is 4.79 Å². The minimum Gasteiger partial charge on any atom is -0.491 e. The van der Waals surface area contributed by atoms with E-state index in [0.717, 1.165) is 11.4 Å². The summed E-state index contributed by atoms with van der Waals surface area (Å²) in [6.07, 6.45) is 0. The predicted molar refractivity (Wildman–Crippen MR) is 80.1 cm³/mol. The number of benzene rings is 1. The maximum Gasteiger partial charge on any atom is 0.240 e. The Morgan fingerprint density at radius 3 is 2.42 bits per heavy atom. The van der Waals surface area contributed by atoms with Crippen LogP contribution in [0.4, 0.5) is 5.69 Å². The summed E-state index contributed by atoms with van der Waals surface area (Å²) in [5.41, 5.74) is 0.745. The van der Waals surface area contributed by atoms with Gasteiger partial charge in [-0.1, -0.05) is 15.9 Å². The lowest BCUT2D eigenvalue weighted by Gasteiger charge is -2.16. The highest BCUT2D eigenvalue weighted by Gasteiger charge is 2.23. The lowest BCUT2D eigenvalue weighted by molar-refractivity contribution is -0.117. The van der Waals surface area contributed by atoms with Crippen LogP contribution in [-0.2, 0) is 9.53 Å². The van der Waals surface area contributed by atoms with Crippen LogP contribution >= 0.6 is 15.9 Å². The normalized spacial score (nSPS) is 11.2. The number of carbonyl (C=O) groups excluding carboxylic acids is 1. The van der Waals surface area contributed by atoms with Gasteiger partial charge >= 0.3 is 0 Å². The summed E-state index contributed by atoms with van der Waals surface area (Å²) in [5, 5.41) is 2.82. The van der Waals surface area contributed by atoms with Crippen molar-refractivity contribution in [2.24, 2.45) is 0 Å². The van der Waals surface area contributed by atoms with Gasteiger partial charge in [-0.25, -0.2) is 0 Å². The predicted octanol–water partition coefficient (Wildman–Crippen LogP) is 3.21. The minimum atomic E-state index is -0.584. The average Bonchev–Trinajstić information content (AvgIpc) is 2.35. The van der Waals surface area contributed by atoms with E-state index in [2.05, 4.69) is 21.2 Å². The van der Waals surface area contributed by atoms with Crippen molar-refractivity contribution in [1.82, 2.24) is 0 Å². The fraction of sp³-hybridized carbons (Fsp3) is 0.500. The van der Waals surface area contributed by atoms with E-state index in [0.29, 0.717) is 19.8 Å². The minimum absolute atomic E-state index is 0.0856. The quantitative estimate of drug-likeness (QED) is 0.617. The molecule has 4 nitrogen and oxygen atoms in total. The fourth-order valence-corrected chi connectivity index (χ4v) is 1.38. The van der Waals surface area contributed by atoms with Crippen molar-refractivity contribution in [1.29, 1.82) is 0 Å². The number of nitrogens with one attached hydrogen (secondary N) is 1. The van der Waals surface area contributed by atoms with Gasteiger partial charge in [0.25, 0.3) is 0 Å². The zero-order chi connectivity index (χ0) is 14.3. The second-order valence-electron chi connectivity index (χ2n) is 4.50. The molecule has 0 bridgehead atoms. The van der Waals surface area contributed by atoms with Crippen molar-refractivity contribution in [3.05, 3.63) is 24.3 Å². The van der Waals surface area contributed by atoms with Gasteiger partial charge in [0.05, 0.1) is 10.9 Å². The summed E-state index contributed by atoms with van der Waals surface area (Å²) in [6.45, 7) is 7.33. The third-order valence-electron chi connectivity index (χ3n) is 2.35. The Hall–Kier alpha value is -1.07. The lowest BCUT2D eigenvalue weighted by Crippen LogP contribution is -2.30. The van der Waals surface area contributed by atoms with Crippen molar-refractivity contribution in [3.63, 3.8) is 0 Å². The Balaban J connectivity index is 2.45. The van der Waals surface area contributed by atoms with Crippen LogP contribution in [0.2, 0.25) is 0 Å². The van der Waals surface area contributed by atoms with Gasteiger partial charge in [0.1, 0.15) is 12.4 Å². The van der Waals surface area contributed by atoms with E-state index in [-0.39, 0.29) is 5.91 Å². The van der Waals surface area contributed by atoms with Crippen LogP contribution in [0.1, 0.15) is 20.8 Å². The van der Waals surface area contributed by atoms with Crippen LogP contribution in [0, 0.1) is 0 Å². The van der Waals surface area contributed by atoms with Crippen molar-refractivity contribution in [3.8, 4) is 5.75 Å². The third-order valence-corrected chi connectivity index (χ3v) is 2.71. The first-order valence-electron chi connectivity index (χ1n) is 6.24. The Kier molecular flexibility index (Phi) is 6.31. The molecule has 0 unspecified atom stereocenters. The number of halogens is 1. The van der Waals surface area contributed by atoms with Gasteiger partial charge in [-0.05, 0) is 45.0 Å². The van der Waals surface area contributed by atoms with Gasteiger partial charge in [0, 0.05) is 12.3 Å². The van der Waals surface area contributed by atoms with Crippen LogP contribution in [0.15, 0.2) is 24.3 Å². The molecule has 0 aliphatic rings. The molecule has 0 fully saturated rings. The van der Waals surface area contributed by atoms with Gasteiger partial charge in [-0.2, -0.15) is 0 Å². The highest BCUT2D eigenvalue weighted by Crippen LogP contribution is 2.20. The number of hydrogen-bond acceptors (Lipinski definition) is 3. The first kappa shape index (κ1) is 16.0. The number of alkyl halides is 1. The molecule has 0 saturated carbocycles. The van der Waals surface area contributed by atoms with E-state index in [1.54, 1.807) is 13.8 Å². The topological polar surface area (TPSA) is 47.6 Å². The largest absolute Gasteiger partial charge is 0.491 e. The van der Waals surface area contributed by atoms with Gasteiger partial charge < -0.3 is 14.8 Å². The second kappa shape index (κ2) is 7.50. The van der Waals surface area contributed by atoms with E-state index in [1.807, 2.05) is 31.2 Å². The molecule has 1 aromatic carbocycles. The molecule has 0 aliphatic carbocycles. The molecule has 0 aliphatic heterocycles. The average molecular weight is 330 g/mol. The monoisotopic (exact) mass is 329 g/mol. The Bertz CT molecular complexity index is 398. The number of hydrogen-bond donors (Lipinski definition) is 1. The molecule has 1 rings (SSSR count). The van der Waals surface area contributed by atoms with Crippen molar-refractivity contribution in [2.45, 2.75) is 25.1 Å². The summed E-state index contributed by atoms with van der Waals surface area (Å²) < 4.78 is 10.1. The van der Waals surface area contributed by atoms with Gasteiger partial charge in [0.2, 0.25) is 5.91 Å². The second-order valence-corrected chi connectivity index (χ2v) is 6.48. The highest BCUT2D eigenvalue weighted by atomic mass is 79.9. The number of ether oxygens (including phenoxy) is 2. The first-order valence-corrected chi connectivity index (χ1v) is 7.03. The summed E-state index contributed by atoms with van der Waals surface area (Å²) in [4.78, 5) is 11.8. The summed E-state index contributed by atoms with van der Waals surface area (Å²) in [5.74, 6) is 0.674. The maximum absolute atomic E-state index is 11.8. The zero-order valence-corrected chi connectivity index (χ0v) is 13.1. The van der Waals surface area contributed by atoms with E-state index in [1.165, 1.54) is 0 Å². The summed E-state index contributed by atoms with van der Waals surface area (Å²) in [7, 11) is 0. The molecule has 0 radical (unpaired) electrons. The summed E-state index contributed by atoms with van der Waals surface area (Å²) in [6, 6.07) is 7.27. The van der Waals surface area contributed by atoms with Gasteiger partial charge in [0.15, 0.2) is 0 Å². The SMILES string of the molecule is CCOCCOc1ccc(NC(=O)C(C)(C)Br)cc1. The molecule has 106 valence electrons. The van der Waals surface area contributed by atoms with Crippen molar-refractivity contribution >= 4 is 27.5 Å². The van der Waals surface area contributed by atoms with E-state index < -0.39 is 4.32 Å². The molecular formula is C14H20BrNO3. The lowest BCUT2D eigenvalue weighted by atomic mass is 10.2. The molecule has 1 N–H and O–H groups in total. The summed E-state index contributed by atoms with van der Waals surface area (Å²) >= 11 is 3.31. The highest BCUT2D eigenvalue weighted by molar-refractivity contribution is 9.10. The Morgan fingerprint density at radius 1 is 1.26 bits per heavy atom. The maximum atomic E-state index is 11.8. The molecule has 5 heteroatoms. The first-order chi connectivity index (χ1) is 8.93. The number of anilines is 1. The molecular weight excluding hydrogens is 310 g/mol. The van der Waals surface area contributed by atoms with Crippen molar-refractivity contribution in [2.75, 3.05) is 25.1 Å². The standard InChI is InChI=1S/C14H20BrNO3/c1-4-18-9-10-19-12-7-5-11(6-8-12)16-13(17)14(2,3)15/h5-8H,4,9-10H2,1-3H3,(H,16,17). The molecule has 1 amide bonds.